The van der Waals surface area contributed by atoms with Crippen molar-refractivity contribution in [1.29, 1.82) is 0 Å². The molecule has 0 aliphatic rings. The van der Waals surface area contributed by atoms with Gasteiger partial charge in [0, 0.05) is 11.6 Å². The molecule has 0 aliphatic heterocycles. The minimum absolute atomic E-state index is 0.674. The Balaban J connectivity index is 1.63. The SMILES string of the molecule is COc1ccc(C=NNc2ncnc3c2sc2ncccc23)cc1. The van der Waals surface area contributed by atoms with Gasteiger partial charge in [0.15, 0.2) is 5.82 Å². The molecule has 0 aliphatic carbocycles. The van der Waals surface area contributed by atoms with Crippen molar-refractivity contribution in [2.45, 2.75) is 0 Å². The average molecular weight is 335 g/mol. The number of nitrogens with one attached hydrogen (secondary N) is 1. The maximum absolute atomic E-state index is 5.14. The van der Waals surface area contributed by atoms with E-state index in [1.54, 1.807) is 30.9 Å². The molecular weight excluding hydrogens is 322 g/mol. The number of hydrazone groups is 1. The molecule has 0 spiro atoms. The third kappa shape index (κ3) is 2.65. The van der Waals surface area contributed by atoms with Crippen LogP contribution in [0.1, 0.15) is 5.56 Å². The molecular formula is C17H13N5OS. The van der Waals surface area contributed by atoms with Gasteiger partial charge in [-0.15, -0.1) is 11.3 Å². The zero-order valence-electron chi connectivity index (χ0n) is 12.8. The zero-order valence-corrected chi connectivity index (χ0v) is 13.6. The van der Waals surface area contributed by atoms with Crippen molar-refractivity contribution in [3.05, 3.63) is 54.5 Å². The topological polar surface area (TPSA) is 72.3 Å². The molecule has 1 N–H and O–H groups in total. The summed E-state index contributed by atoms with van der Waals surface area (Å²) in [7, 11) is 1.64. The van der Waals surface area contributed by atoms with Crippen LogP contribution in [0.5, 0.6) is 5.75 Å². The number of ether oxygens (including phenoxy) is 1. The Morgan fingerprint density at radius 3 is 2.83 bits per heavy atom. The van der Waals surface area contributed by atoms with Gasteiger partial charge < -0.3 is 4.74 Å². The fraction of sp³-hybridized carbons (Fsp3) is 0.0588. The van der Waals surface area contributed by atoms with E-state index in [2.05, 4.69) is 25.5 Å². The molecule has 0 fully saturated rings. The van der Waals surface area contributed by atoms with E-state index in [9.17, 15) is 0 Å². The van der Waals surface area contributed by atoms with Crippen LogP contribution < -0.4 is 10.2 Å². The highest BCUT2D eigenvalue weighted by Crippen LogP contribution is 2.34. The number of aromatic nitrogens is 3. The van der Waals surface area contributed by atoms with E-state index in [1.807, 2.05) is 36.4 Å². The number of rotatable bonds is 4. The summed E-state index contributed by atoms with van der Waals surface area (Å²) >= 11 is 1.55. The Bertz CT molecular complexity index is 1030. The maximum atomic E-state index is 5.14. The third-order valence-electron chi connectivity index (χ3n) is 3.53. The number of thiophene rings is 1. The van der Waals surface area contributed by atoms with E-state index in [0.717, 1.165) is 31.7 Å². The van der Waals surface area contributed by atoms with E-state index < -0.39 is 0 Å². The Hall–Kier alpha value is -3.06. The third-order valence-corrected chi connectivity index (χ3v) is 4.64. The largest absolute Gasteiger partial charge is 0.497 e. The summed E-state index contributed by atoms with van der Waals surface area (Å²) in [6.45, 7) is 0. The summed E-state index contributed by atoms with van der Waals surface area (Å²) in [4.78, 5) is 14.0. The number of pyridine rings is 1. The second-order valence-electron chi connectivity index (χ2n) is 5.00. The van der Waals surface area contributed by atoms with Crippen LogP contribution in [-0.2, 0) is 0 Å². The smallest absolute Gasteiger partial charge is 0.167 e. The summed E-state index contributed by atoms with van der Waals surface area (Å²) in [5.41, 5.74) is 4.85. The van der Waals surface area contributed by atoms with Crippen LogP contribution in [0.2, 0.25) is 0 Å². The Morgan fingerprint density at radius 2 is 2.00 bits per heavy atom. The monoisotopic (exact) mass is 335 g/mol. The van der Waals surface area contributed by atoms with E-state index in [0.29, 0.717) is 5.82 Å². The number of nitrogens with zero attached hydrogens (tertiary/aromatic N) is 4. The van der Waals surface area contributed by atoms with Crippen LogP contribution in [0.3, 0.4) is 0 Å². The molecule has 7 heteroatoms. The quantitative estimate of drug-likeness (QED) is 0.455. The molecule has 0 amide bonds. The van der Waals surface area contributed by atoms with E-state index >= 15 is 0 Å². The highest BCUT2D eigenvalue weighted by molar-refractivity contribution is 7.25. The van der Waals surface area contributed by atoms with Gasteiger partial charge in [0.25, 0.3) is 0 Å². The second-order valence-corrected chi connectivity index (χ2v) is 6.00. The van der Waals surface area contributed by atoms with Gasteiger partial charge >= 0.3 is 0 Å². The van der Waals surface area contributed by atoms with Crippen LogP contribution in [-0.4, -0.2) is 28.3 Å². The van der Waals surface area contributed by atoms with Gasteiger partial charge in [0.05, 0.1) is 23.5 Å². The van der Waals surface area contributed by atoms with Gasteiger partial charge in [-0.2, -0.15) is 5.10 Å². The molecule has 0 radical (unpaired) electrons. The highest BCUT2D eigenvalue weighted by atomic mass is 32.1. The normalized spacial score (nSPS) is 11.4. The first-order valence-corrected chi connectivity index (χ1v) is 8.08. The summed E-state index contributed by atoms with van der Waals surface area (Å²) in [6.07, 6.45) is 5.05. The molecule has 3 heterocycles. The van der Waals surface area contributed by atoms with Crippen molar-refractivity contribution in [2.24, 2.45) is 5.10 Å². The number of methoxy groups -OCH3 is 1. The Labute approximate surface area is 141 Å². The second kappa shape index (κ2) is 6.21. The average Bonchev–Trinajstić information content (AvgIpc) is 3.02. The van der Waals surface area contributed by atoms with Crippen molar-refractivity contribution in [1.82, 2.24) is 15.0 Å². The molecule has 4 rings (SSSR count). The van der Waals surface area contributed by atoms with Gasteiger partial charge in [0.2, 0.25) is 0 Å². The first-order valence-electron chi connectivity index (χ1n) is 7.26. The highest BCUT2D eigenvalue weighted by Gasteiger charge is 2.10. The Morgan fingerprint density at radius 1 is 1.12 bits per heavy atom. The lowest BCUT2D eigenvalue weighted by Gasteiger charge is -2.01. The standard InChI is InChI=1S/C17H13N5OS/c1-23-12-6-4-11(5-7-12)9-21-22-16-15-14(19-10-20-16)13-3-2-8-18-17(13)24-15/h2-10H,1H3,(H,19,20,22). The lowest BCUT2D eigenvalue weighted by molar-refractivity contribution is 0.415. The predicted molar refractivity (Wildman–Crippen MR) is 96.9 cm³/mol. The molecule has 0 saturated heterocycles. The zero-order chi connectivity index (χ0) is 16.4. The molecule has 0 unspecified atom stereocenters. The number of hydrogen-bond acceptors (Lipinski definition) is 7. The maximum Gasteiger partial charge on any atom is 0.167 e. The summed E-state index contributed by atoms with van der Waals surface area (Å²) in [6, 6.07) is 11.6. The number of hydrogen-bond donors (Lipinski definition) is 1. The molecule has 0 saturated carbocycles. The van der Waals surface area contributed by atoms with Crippen LogP contribution in [0.25, 0.3) is 20.4 Å². The van der Waals surface area contributed by atoms with Crippen LogP contribution in [0.4, 0.5) is 5.82 Å². The minimum atomic E-state index is 0.674. The summed E-state index contributed by atoms with van der Waals surface area (Å²) in [5, 5.41) is 5.30. The van der Waals surface area contributed by atoms with Crippen LogP contribution >= 0.6 is 11.3 Å². The summed E-state index contributed by atoms with van der Waals surface area (Å²) in [5.74, 6) is 1.49. The van der Waals surface area contributed by atoms with Gasteiger partial charge in [-0.1, -0.05) is 0 Å². The first kappa shape index (κ1) is 14.5. The fourth-order valence-electron chi connectivity index (χ4n) is 2.35. The number of benzene rings is 1. The molecule has 0 atom stereocenters. The predicted octanol–water partition coefficient (Wildman–Crippen LogP) is 3.69. The van der Waals surface area contributed by atoms with Gasteiger partial charge in [-0.05, 0) is 42.0 Å². The Kier molecular flexibility index (Phi) is 3.76. The van der Waals surface area contributed by atoms with Crippen molar-refractivity contribution in [3.8, 4) is 5.75 Å². The van der Waals surface area contributed by atoms with Crippen molar-refractivity contribution >= 4 is 43.8 Å². The molecule has 1 aromatic carbocycles. The van der Waals surface area contributed by atoms with E-state index in [-0.39, 0.29) is 0 Å². The summed E-state index contributed by atoms with van der Waals surface area (Å²) < 4.78 is 6.08. The number of anilines is 1. The van der Waals surface area contributed by atoms with Crippen molar-refractivity contribution in [3.63, 3.8) is 0 Å². The molecule has 4 aromatic rings. The number of fused-ring (bicyclic) bond motifs is 3. The lowest BCUT2D eigenvalue weighted by Crippen LogP contribution is -1.94. The van der Waals surface area contributed by atoms with Gasteiger partial charge in [0.1, 0.15) is 16.9 Å². The molecule has 0 bridgehead atoms. The molecule has 24 heavy (non-hydrogen) atoms. The van der Waals surface area contributed by atoms with E-state index in [1.165, 1.54) is 6.33 Å². The molecule has 6 nitrogen and oxygen atoms in total. The van der Waals surface area contributed by atoms with Crippen molar-refractivity contribution in [2.75, 3.05) is 12.5 Å². The van der Waals surface area contributed by atoms with Crippen molar-refractivity contribution < 1.29 is 4.74 Å². The minimum Gasteiger partial charge on any atom is -0.497 e. The van der Waals surface area contributed by atoms with E-state index in [4.69, 9.17) is 4.74 Å². The lowest BCUT2D eigenvalue weighted by atomic mass is 10.2. The molecule has 118 valence electrons. The van der Waals surface area contributed by atoms with Crippen LogP contribution in [0, 0.1) is 0 Å². The fourth-order valence-corrected chi connectivity index (χ4v) is 3.38. The van der Waals surface area contributed by atoms with Gasteiger partial charge in [-0.25, -0.2) is 15.0 Å². The first-order chi connectivity index (χ1) is 11.8. The molecule has 3 aromatic heterocycles. The van der Waals surface area contributed by atoms with Gasteiger partial charge in [-0.3, -0.25) is 5.43 Å². The van der Waals surface area contributed by atoms with Crippen LogP contribution in [0.15, 0.2) is 54.0 Å².